The van der Waals surface area contributed by atoms with Gasteiger partial charge in [-0.15, -0.1) is 0 Å². The lowest BCUT2D eigenvalue weighted by molar-refractivity contribution is -0.148. The molecule has 8 aliphatic carbocycles. The van der Waals surface area contributed by atoms with Gasteiger partial charge in [0.1, 0.15) is 11.9 Å². The molecule has 0 aliphatic heterocycles. The molecule has 250 valence electrons. The number of nitrogens with one attached hydrogen (secondary N) is 4. The number of hydrogen-bond acceptors (Lipinski definition) is 8. The van der Waals surface area contributed by atoms with Crippen molar-refractivity contribution in [3.8, 4) is 0 Å². The first-order chi connectivity index (χ1) is 22.6. The molecule has 7 unspecified atom stereocenters. The van der Waals surface area contributed by atoms with Crippen molar-refractivity contribution in [1.82, 2.24) is 30.4 Å². The standard InChI is InChI=1S/C34H43N7O6/c42-4-2-24(30(43)38-25-18-5-16-6-19(25)12-33(46,9-16)11-18)37-31(44)32(45)39-29-23-15-36-28-22(1-3-35-28)27(23)41(40-29)26-20-7-17-8-21(26)14-34(47,10-17)13-20/h1,3,15-21,24-26,40,42,46-47H,2,4-14H2,(H,37,44)(H,38,43)(H,39,45)/t16?,17?,18-,19+,20-,21+,24?,25?,26?,33?,34?. The number of aromatic nitrogens is 4. The average Bonchev–Trinajstić information content (AvgIpc) is 3.61. The molecule has 47 heavy (non-hydrogen) atoms. The smallest absolute Gasteiger partial charge is 0.314 e. The van der Waals surface area contributed by atoms with Crippen LogP contribution in [0.3, 0.4) is 0 Å². The molecule has 0 aromatic carbocycles. The van der Waals surface area contributed by atoms with E-state index in [0.717, 1.165) is 62.3 Å². The van der Waals surface area contributed by atoms with Crippen LogP contribution >= 0.6 is 0 Å². The second-order valence-electron chi connectivity index (χ2n) is 16.0. The van der Waals surface area contributed by atoms with Crippen molar-refractivity contribution >= 4 is 45.5 Å². The Morgan fingerprint density at radius 3 is 2.17 bits per heavy atom. The van der Waals surface area contributed by atoms with Gasteiger partial charge in [-0.2, -0.15) is 0 Å². The third-order valence-corrected chi connectivity index (χ3v) is 12.8. The van der Waals surface area contributed by atoms with E-state index in [1.54, 1.807) is 12.4 Å². The van der Waals surface area contributed by atoms with Crippen molar-refractivity contribution in [1.29, 1.82) is 0 Å². The highest BCUT2D eigenvalue weighted by molar-refractivity contribution is 6.40. The Kier molecular flexibility index (Phi) is 6.59. The van der Waals surface area contributed by atoms with Gasteiger partial charge in [-0.1, -0.05) is 0 Å². The summed E-state index contributed by atoms with van der Waals surface area (Å²) in [6.45, 7) is -0.338. The van der Waals surface area contributed by atoms with E-state index in [4.69, 9.17) is 0 Å². The van der Waals surface area contributed by atoms with Gasteiger partial charge in [-0.25, -0.2) is 9.97 Å². The lowest BCUT2D eigenvalue weighted by atomic mass is 9.52. The summed E-state index contributed by atoms with van der Waals surface area (Å²) in [4.78, 5) is 49.0. The van der Waals surface area contributed by atoms with Crippen LogP contribution in [0.1, 0.15) is 76.7 Å². The van der Waals surface area contributed by atoms with Crippen LogP contribution in [0, 0.1) is 35.5 Å². The van der Waals surface area contributed by atoms with Gasteiger partial charge in [0, 0.05) is 30.4 Å². The molecule has 11 atom stereocenters. The fourth-order valence-corrected chi connectivity index (χ4v) is 11.6. The number of amides is 3. The van der Waals surface area contributed by atoms with Crippen LogP contribution in [0.4, 0.5) is 5.82 Å². The lowest BCUT2D eigenvalue weighted by Crippen LogP contribution is -2.63. The minimum absolute atomic E-state index is 0.0331. The number of carbonyl (C=O) groups is 3. The van der Waals surface area contributed by atoms with E-state index in [0.29, 0.717) is 41.5 Å². The Hall–Kier alpha value is -3.55. The van der Waals surface area contributed by atoms with Crippen LogP contribution in [0.5, 0.6) is 0 Å². The van der Waals surface area contributed by atoms with Gasteiger partial charge in [0.2, 0.25) is 5.91 Å². The minimum Gasteiger partial charge on any atom is -0.396 e. The van der Waals surface area contributed by atoms with Crippen molar-refractivity contribution in [2.24, 2.45) is 35.5 Å². The number of aromatic amines is 1. The molecule has 0 radical (unpaired) electrons. The summed E-state index contributed by atoms with van der Waals surface area (Å²) in [5, 5.41) is 45.2. The van der Waals surface area contributed by atoms with Gasteiger partial charge in [0.15, 0.2) is 5.65 Å². The van der Waals surface area contributed by atoms with Crippen LogP contribution in [0.2, 0.25) is 0 Å². The third kappa shape index (κ3) is 4.79. The topological polar surface area (TPSA) is 194 Å². The average molecular weight is 646 g/mol. The molecule has 0 saturated heterocycles. The molecular formula is C34H43N7O6. The largest absolute Gasteiger partial charge is 0.396 e. The summed E-state index contributed by atoms with van der Waals surface area (Å²) in [6.07, 6.45) is 11.9. The van der Waals surface area contributed by atoms with Gasteiger partial charge in [0.25, 0.3) is 0 Å². The van der Waals surface area contributed by atoms with E-state index in [-0.39, 0.29) is 48.8 Å². The molecule has 3 aromatic heterocycles. The normalized spacial score (nSPS) is 38.6. The summed E-state index contributed by atoms with van der Waals surface area (Å²) >= 11 is 0. The number of aliphatic hydroxyl groups is 3. The van der Waals surface area contributed by atoms with Crippen LogP contribution in [-0.2, 0) is 14.4 Å². The zero-order chi connectivity index (χ0) is 32.2. The Bertz CT molecular complexity index is 1750. The summed E-state index contributed by atoms with van der Waals surface area (Å²) in [6, 6.07) is 0.823. The number of nitrogens with zero attached hydrogens (tertiary/aromatic N) is 3. The Morgan fingerprint density at radius 1 is 0.894 bits per heavy atom. The second kappa shape index (κ2) is 10.5. The molecule has 3 amide bonds. The SMILES string of the molecule is O=C(Nc1[nH]n(C2[C@@H]3CC4C[C@H]2CC(O)(C4)C3)c2c1cnc1nccc12)C(=O)NC(CCO)C(=O)NC1[C@@H]2CC3C[C@H]1CC(O)(C3)C2. The predicted molar refractivity (Wildman–Crippen MR) is 170 cm³/mol. The van der Waals surface area contributed by atoms with Crippen LogP contribution in [-0.4, -0.2) is 82.7 Å². The van der Waals surface area contributed by atoms with Crippen molar-refractivity contribution in [3.63, 3.8) is 0 Å². The maximum Gasteiger partial charge on any atom is 0.314 e. The van der Waals surface area contributed by atoms with Crippen molar-refractivity contribution in [3.05, 3.63) is 18.5 Å². The van der Waals surface area contributed by atoms with E-state index in [9.17, 15) is 29.7 Å². The van der Waals surface area contributed by atoms with Crippen molar-refractivity contribution in [2.75, 3.05) is 11.9 Å². The summed E-state index contributed by atoms with van der Waals surface area (Å²) in [5.74, 6) is -0.0529. The highest BCUT2D eigenvalue weighted by atomic mass is 16.3. The lowest BCUT2D eigenvalue weighted by Gasteiger charge is -2.58. The van der Waals surface area contributed by atoms with E-state index >= 15 is 0 Å². The van der Waals surface area contributed by atoms with Gasteiger partial charge >= 0.3 is 11.8 Å². The van der Waals surface area contributed by atoms with E-state index in [1.165, 1.54) is 0 Å². The first-order valence-electron chi connectivity index (χ1n) is 17.4. The highest BCUT2D eigenvalue weighted by Crippen LogP contribution is 2.60. The van der Waals surface area contributed by atoms with Crippen LogP contribution < -0.4 is 16.0 Å². The molecule has 8 aliphatic rings. The summed E-state index contributed by atoms with van der Waals surface area (Å²) < 4.78 is 2.11. The minimum atomic E-state index is -1.08. The Labute approximate surface area is 271 Å². The number of pyridine rings is 1. The molecule has 8 fully saturated rings. The number of H-pyrrole nitrogens is 1. The molecule has 8 saturated carbocycles. The molecule has 8 bridgehead atoms. The number of anilines is 1. The molecule has 3 aromatic rings. The fraction of sp³-hybridized carbons (Fsp3) is 0.676. The number of fused-ring (bicyclic) bond motifs is 3. The monoisotopic (exact) mass is 645 g/mol. The molecule has 11 rings (SSSR count). The second-order valence-corrected chi connectivity index (χ2v) is 16.0. The molecule has 0 spiro atoms. The number of carbonyl (C=O) groups excluding carboxylic acids is 3. The van der Waals surface area contributed by atoms with Gasteiger partial charge in [0.05, 0.1) is 28.1 Å². The maximum atomic E-state index is 13.4. The molecule has 3 heterocycles. The van der Waals surface area contributed by atoms with Gasteiger partial charge < -0.3 is 31.3 Å². The molecule has 7 N–H and O–H groups in total. The van der Waals surface area contributed by atoms with Gasteiger partial charge in [-0.3, -0.25) is 24.2 Å². The highest BCUT2D eigenvalue weighted by Gasteiger charge is 2.57. The van der Waals surface area contributed by atoms with Crippen molar-refractivity contribution in [2.45, 2.75) is 100.0 Å². The Balaban J connectivity index is 0.945. The molecule has 13 heteroatoms. The summed E-state index contributed by atoms with van der Waals surface area (Å²) in [7, 11) is 0. The quantitative estimate of drug-likeness (QED) is 0.189. The van der Waals surface area contributed by atoms with Gasteiger partial charge in [-0.05, 0) is 112 Å². The van der Waals surface area contributed by atoms with Crippen molar-refractivity contribution < 1.29 is 29.7 Å². The maximum absolute atomic E-state index is 13.4. The number of hydrogen-bond donors (Lipinski definition) is 7. The fourth-order valence-electron chi connectivity index (χ4n) is 11.6. The Morgan fingerprint density at radius 2 is 1.53 bits per heavy atom. The number of aliphatic hydroxyl groups excluding tert-OH is 1. The molecular weight excluding hydrogens is 602 g/mol. The first kappa shape index (κ1) is 29.6. The van der Waals surface area contributed by atoms with E-state index < -0.39 is 35.0 Å². The molecule has 13 nitrogen and oxygen atoms in total. The van der Waals surface area contributed by atoms with Crippen LogP contribution in [0.25, 0.3) is 21.9 Å². The predicted octanol–water partition coefficient (Wildman–Crippen LogP) is 1.89. The zero-order valence-corrected chi connectivity index (χ0v) is 26.3. The third-order valence-electron chi connectivity index (χ3n) is 12.8. The van der Waals surface area contributed by atoms with E-state index in [1.807, 2.05) is 6.07 Å². The van der Waals surface area contributed by atoms with Crippen LogP contribution in [0.15, 0.2) is 18.5 Å². The van der Waals surface area contributed by atoms with E-state index in [2.05, 4.69) is 35.7 Å². The summed E-state index contributed by atoms with van der Waals surface area (Å²) in [5.41, 5.74) is 0.213. The zero-order valence-electron chi connectivity index (χ0n) is 26.3. The number of rotatable bonds is 7. The first-order valence-corrected chi connectivity index (χ1v) is 17.4.